The highest BCUT2D eigenvalue weighted by Crippen LogP contribution is 2.33. The maximum atomic E-state index is 13.0. The van der Waals surface area contributed by atoms with Gasteiger partial charge in [-0.2, -0.15) is 0 Å². The van der Waals surface area contributed by atoms with Gasteiger partial charge < -0.3 is 10.3 Å². The molecule has 0 fully saturated rings. The lowest BCUT2D eigenvalue weighted by Gasteiger charge is -2.34. The molecule has 2 heterocycles. The van der Waals surface area contributed by atoms with Crippen LogP contribution in [0.4, 0.5) is 5.69 Å². The monoisotopic (exact) mass is 388 g/mol. The number of hydrazine groups is 2. The zero-order valence-corrected chi connectivity index (χ0v) is 15.7. The summed E-state index contributed by atoms with van der Waals surface area (Å²) in [6, 6.07) is 15.2. The summed E-state index contributed by atoms with van der Waals surface area (Å²) in [6.07, 6.45) is 0. The number of benzene rings is 2. The van der Waals surface area contributed by atoms with Gasteiger partial charge in [-0.1, -0.05) is 54.4 Å². The quantitative estimate of drug-likeness (QED) is 0.820. The summed E-state index contributed by atoms with van der Waals surface area (Å²) in [6.45, 7) is 3.20. The first-order chi connectivity index (χ1) is 12.6. The molecule has 0 radical (unpaired) electrons. The first kappa shape index (κ1) is 17.2. The fourth-order valence-electron chi connectivity index (χ4n) is 3.47. The van der Waals surface area contributed by atoms with Crippen LogP contribution < -0.4 is 16.0 Å². The second-order valence-corrected chi connectivity index (χ2v) is 7.24. The highest BCUT2D eigenvalue weighted by atomic mass is 35.5. The van der Waals surface area contributed by atoms with Crippen molar-refractivity contribution in [3.05, 3.63) is 75.5 Å². The smallest absolute Gasteiger partial charge is 0.255 e. The fourth-order valence-corrected chi connectivity index (χ4v) is 3.85. The largest absolute Gasteiger partial charge is 0.332 e. The molecule has 1 atom stereocenters. The zero-order valence-electron chi connectivity index (χ0n) is 14.2. The number of carbonyl (C=O) groups excluding carboxylic acids is 1. The Hall–Kier alpha value is -2.21. The number of carbonyl (C=O) groups is 1. The van der Waals surface area contributed by atoms with Crippen LogP contribution in [0.2, 0.25) is 10.0 Å². The number of anilines is 1. The standard InChI is InChI=1S/C19H18Cl2N4O/c1-12-10-24(19(26)14-8-5-9-15(20)17(14)21)11-16-18(12)25(23-22-16)13-6-3-2-4-7-13/h2-9,12,22-23H,10-11H2,1H3. The number of halogens is 2. The zero-order chi connectivity index (χ0) is 18.3. The molecule has 2 aliphatic heterocycles. The van der Waals surface area contributed by atoms with Crippen molar-refractivity contribution in [2.45, 2.75) is 6.92 Å². The van der Waals surface area contributed by atoms with Gasteiger partial charge in [-0.25, -0.2) is 0 Å². The number of nitrogens with zero attached hydrogens (tertiary/aromatic N) is 2. The molecular weight excluding hydrogens is 371 g/mol. The first-order valence-electron chi connectivity index (χ1n) is 8.39. The Balaban J connectivity index is 1.61. The molecule has 1 amide bonds. The average molecular weight is 389 g/mol. The predicted molar refractivity (Wildman–Crippen MR) is 104 cm³/mol. The second kappa shape index (κ2) is 6.83. The molecule has 0 spiro atoms. The summed E-state index contributed by atoms with van der Waals surface area (Å²) in [5.41, 5.74) is 10.0. The molecule has 0 aromatic heterocycles. The number of rotatable bonds is 2. The Labute approximate surface area is 162 Å². The van der Waals surface area contributed by atoms with Crippen LogP contribution in [0.15, 0.2) is 59.9 Å². The van der Waals surface area contributed by atoms with Crippen LogP contribution in [0.3, 0.4) is 0 Å². The molecule has 2 N–H and O–H groups in total. The lowest BCUT2D eigenvalue weighted by molar-refractivity contribution is 0.0742. The molecule has 1 unspecified atom stereocenters. The van der Waals surface area contributed by atoms with Gasteiger partial charge in [0.1, 0.15) is 0 Å². The maximum Gasteiger partial charge on any atom is 0.255 e. The van der Waals surface area contributed by atoms with Crippen molar-refractivity contribution < 1.29 is 4.79 Å². The van der Waals surface area contributed by atoms with Crippen LogP contribution in [0.25, 0.3) is 0 Å². The molecule has 4 rings (SSSR count). The van der Waals surface area contributed by atoms with Crippen LogP contribution >= 0.6 is 23.2 Å². The van der Waals surface area contributed by atoms with Gasteiger partial charge in [0.05, 0.1) is 39.2 Å². The molecular formula is C19H18Cl2N4O. The molecule has 2 aliphatic rings. The van der Waals surface area contributed by atoms with Gasteiger partial charge >= 0.3 is 0 Å². The third-order valence-electron chi connectivity index (χ3n) is 4.66. The third kappa shape index (κ3) is 2.92. The fraction of sp³-hybridized carbons (Fsp3) is 0.211. The Morgan fingerprint density at radius 3 is 2.65 bits per heavy atom. The molecule has 0 bridgehead atoms. The highest BCUT2D eigenvalue weighted by Gasteiger charge is 2.36. The minimum absolute atomic E-state index is 0.115. The topological polar surface area (TPSA) is 47.6 Å². The number of hydrogen-bond donors (Lipinski definition) is 2. The lowest BCUT2D eigenvalue weighted by Crippen LogP contribution is -2.42. The van der Waals surface area contributed by atoms with Gasteiger partial charge in [0, 0.05) is 12.5 Å². The number of amides is 1. The summed E-state index contributed by atoms with van der Waals surface area (Å²) >= 11 is 12.3. The lowest BCUT2D eigenvalue weighted by atomic mass is 9.99. The Bertz CT molecular complexity index is 884. The van der Waals surface area contributed by atoms with Gasteiger partial charge in [-0.05, 0) is 24.3 Å². The van der Waals surface area contributed by atoms with Crippen molar-refractivity contribution >= 4 is 34.8 Å². The van der Waals surface area contributed by atoms with E-state index in [0.717, 1.165) is 17.1 Å². The van der Waals surface area contributed by atoms with Crippen molar-refractivity contribution in [1.29, 1.82) is 0 Å². The van der Waals surface area contributed by atoms with E-state index >= 15 is 0 Å². The van der Waals surface area contributed by atoms with Crippen LogP contribution in [0, 0.1) is 5.92 Å². The van der Waals surface area contributed by atoms with Crippen LogP contribution in [0.5, 0.6) is 0 Å². The van der Waals surface area contributed by atoms with Gasteiger partial charge in [-0.3, -0.25) is 9.80 Å². The Kier molecular flexibility index (Phi) is 4.53. The van der Waals surface area contributed by atoms with E-state index in [2.05, 4.69) is 17.9 Å². The van der Waals surface area contributed by atoms with E-state index in [0.29, 0.717) is 28.7 Å². The average Bonchev–Trinajstić information content (AvgIpc) is 3.09. The van der Waals surface area contributed by atoms with Crippen LogP contribution in [-0.2, 0) is 0 Å². The molecule has 0 saturated carbocycles. The van der Waals surface area contributed by atoms with E-state index in [1.807, 2.05) is 35.3 Å². The normalized spacial score (nSPS) is 19.4. The van der Waals surface area contributed by atoms with E-state index in [9.17, 15) is 4.79 Å². The second-order valence-electron chi connectivity index (χ2n) is 6.46. The number of hydrogen-bond acceptors (Lipinski definition) is 4. The van der Waals surface area contributed by atoms with E-state index in [-0.39, 0.29) is 11.8 Å². The Morgan fingerprint density at radius 1 is 1.12 bits per heavy atom. The van der Waals surface area contributed by atoms with Crippen LogP contribution in [-0.4, -0.2) is 23.9 Å². The van der Waals surface area contributed by atoms with Gasteiger partial charge in [-0.15, -0.1) is 5.53 Å². The van der Waals surface area contributed by atoms with Crippen LogP contribution in [0.1, 0.15) is 17.3 Å². The van der Waals surface area contributed by atoms with Crippen molar-refractivity contribution in [3.8, 4) is 0 Å². The highest BCUT2D eigenvalue weighted by molar-refractivity contribution is 6.43. The number of nitrogens with one attached hydrogen (secondary N) is 2. The van der Waals surface area contributed by atoms with E-state index in [1.165, 1.54) is 0 Å². The summed E-state index contributed by atoms with van der Waals surface area (Å²) in [4.78, 5) is 14.8. The van der Waals surface area contributed by atoms with E-state index in [4.69, 9.17) is 23.2 Å². The van der Waals surface area contributed by atoms with Crippen molar-refractivity contribution in [2.24, 2.45) is 5.92 Å². The predicted octanol–water partition coefficient (Wildman–Crippen LogP) is 3.83. The number of para-hydroxylation sites is 1. The summed E-state index contributed by atoms with van der Waals surface area (Å²) < 4.78 is 0. The Morgan fingerprint density at radius 2 is 1.88 bits per heavy atom. The van der Waals surface area contributed by atoms with Crippen molar-refractivity contribution in [2.75, 3.05) is 18.1 Å². The molecule has 0 aliphatic carbocycles. The molecule has 26 heavy (non-hydrogen) atoms. The minimum Gasteiger partial charge on any atom is -0.332 e. The summed E-state index contributed by atoms with van der Waals surface area (Å²) in [5, 5.41) is 2.72. The molecule has 2 aromatic carbocycles. The first-order valence-corrected chi connectivity index (χ1v) is 9.15. The van der Waals surface area contributed by atoms with E-state index in [1.54, 1.807) is 23.1 Å². The summed E-state index contributed by atoms with van der Waals surface area (Å²) in [7, 11) is 0. The SMILES string of the molecule is CC1CN(C(=O)c2cccc(Cl)c2Cl)CC2=C1N(c1ccccc1)NN2. The molecule has 5 nitrogen and oxygen atoms in total. The third-order valence-corrected chi connectivity index (χ3v) is 5.48. The molecule has 0 saturated heterocycles. The minimum atomic E-state index is -0.115. The van der Waals surface area contributed by atoms with Gasteiger partial charge in [0.2, 0.25) is 0 Å². The van der Waals surface area contributed by atoms with E-state index < -0.39 is 0 Å². The van der Waals surface area contributed by atoms with Crippen molar-refractivity contribution in [1.82, 2.24) is 15.9 Å². The van der Waals surface area contributed by atoms with Gasteiger partial charge in [0.15, 0.2) is 0 Å². The van der Waals surface area contributed by atoms with Gasteiger partial charge in [0.25, 0.3) is 5.91 Å². The summed E-state index contributed by atoms with van der Waals surface area (Å²) in [5.74, 6) is 0.0410. The molecule has 134 valence electrons. The molecule has 2 aromatic rings. The molecule has 7 heteroatoms. The van der Waals surface area contributed by atoms with Crippen molar-refractivity contribution in [3.63, 3.8) is 0 Å². The maximum absolute atomic E-state index is 13.0.